The maximum Gasteiger partial charge on any atom is 0.0522 e. The molecule has 0 saturated heterocycles. The summed E-state index contributed by atoms with van der Waals surface area (Å²) in [4.78, 5) is 0. The van der Waals surface area contributed by atoms with Crippen LogP contribution in [0.2, 0.25) is 0 Å². The van der Waals surface area contributed by atoms with Gasteiger partial charge >= 0.3 is 0 Å². The lowest BCUT2D eigenvalue weighted by molar-refractivity contribution is -0.114. The fourth-order valence-corrected chi connectivity index (χ4v) is 12.6. The molecule has 11 rings (SSSR count). The van der Waals surface area contributed by atoms with E-state index in [-0.39, 0.29) is 0 Å². The van der Waals surface area contributed by atoms with Crippen molar-refractivity contribution < 1.29 is 9.47 Å². The van der Waals surface area contributed by atoms with E-state index < -0.39 is 0 Å². The molecule has 0 aliphatic heterocycles. The van der Waals surface area contributed by atoms with E-state index in [9.17, 15) is 0 Å². The van der Waals surface area contributed by atoms with Gasteiger partial charge in [-0.1, -0.05) is 48.5 Å². The molecule has 8 saturated carbocycles. The Morgan fingerprint density at radius 3 is 1.33 bits per heavy atom. The Kier molecular flexibility index (Phi) is 6.52. The minimum absolute atomic E-state index is 0.391. The second-order valence-electron chi connectivity index (χ2n) is 16.7. The molecule has 3 aromatic carbocycles. The van der Waals surface area contributed by atoms with E-state index in [1.165, 1.54) is 104 Å². The van der Waals surface area contributed by atoms with Crippen molar-refractivity contribution in [2.75, 3.05) is 26.4 Å². The van der Waals surface area contributed by atoms with Crippen molar-refractivity contribution in [3.63, 3.8) is 0 Å². The molecular weight excluding hydrogens is 512 g/mol. The van der Waals surface area contributed by atoms with Gasteiger partial charge in [-0.25, -0.2) is 0 Å². The highest BCUT2D eigenvalue weighted by Crippen LogP contribution is 2.61. The van der Waals surface area contributed by atoms with E-state index in [1.807, 2.05) is 0 Å². The number of hydrogen-bond acceptors (Lipinski definition) is 2. The van der Waals surface area contributed by atoms with Crippen molar-refractivity contribution in [3.8, 4) is 0 Å². The minimum atomic E-state index is 0.391. The summed E-state index contributed by atoms with van der Waals surface area (Å²) in [6.45, 7) is 3.64. The molecule has 42 heavy (non-hydrogen) atoms. The number of hydrogen-bond donors (Lipinski definition) is 0. The number of fused-ring (bicyclic) bond motifs is 2. The van der Waals surface area contributed by atoms with Crippen molar-refractivity contribution in [2.45, 2.75) is 83.5 Å². The van der Waals surface area contributed by atoms with Crippen LogP contribution in [0.5, 0.6) is 0 Å². The molecule has 3 aromatic rings. The van der Waals surface area contributed by atoms with Crippen molar-refractivity contribution in [3.05, 3.63) is 60.2 Å². The molecule has 0 unspecified atom stereocenters. The molecule has 0 amide bonds. The third kappa shape index (κ3) is 4.84. The number of rotatable bonds is 10. The van der Waals surface area contributed by atoms with Crippen LogP contribution in [0.4, 0.5) is 0 Å². The summed E-state index contributed by atoms with van der Waals surface area (Å²) in [6.07, 6.45) is 18.7. The normalized spacial score (nSPS) is 38.6. The Labute approximate surface area is 252 Å². The van der Waals surface area contributed by atoms with Crippen LogP contribution < -0.4 is 0 Å². The lowest BCUT2D eigenvalue weighted by Crippen LogP contribution is -2.48. The predicted molar refractivity (Wildman–Crippen MR) is 171 cm³/mol. The van der Waals surface area contributed by atoms with Crippen LogP contribution in [-0.2, 0) is 15.9 Å². The quantitative estimate of drug-likeness (QED) is 0.229. The molecule has 8 aliphatic rings. The minimum Gasteiger partial charge on any atom is -0.380 e. The standard InChI is InChI=1S/C40H50O2/c1-3-7-36-34(5-1)16-35-6-2-4-8-37(35)38(36)15-33(23-41-25-39-17-27-9-28(18-39)11-29(10-27)19-39)24-42-26-40-20-30-12-31(21-40)14-32(13-30)22-40/h1-8,16,27-33H,9-15,17-26H2. The topological polar surface area (TPSA) is 18.5 Å². The third-order valence-electron chi connectivity index (χ3n) is 13.2. The van der Waals surface area contributed by atoms with Crippen LogP contribution in [-0.4, -0.2) is 26.4 Å². The van der Waals surface area contributed by atoms with Gasteiger partial charge in [-0.2, -0.15) is 0 Å². The van der Waals surface area contributed by atoms with Gasteiger partial charge in [0.1, 0.15) is 0 Å². The van der Waals surface area contributed by atoms with Gasteiger partial charge in [-0.3, -0.25) is 0 Å². The van der Waals surface area contributed by atoms with Gasteiger partial charge in [-0.15, -0.1) is 0 Å². The van der Waals surface area contributed by atoms with E-state index in [1.54, 1.807) is 0 Å². The molecular formula is C40H50O2. The fourth-order valence-electron chi connectivity index (χ4n) is 12.6. The monoisotopic (exact) mass is 562 g/mol. The second kappa shape index (κ2) is 10.3. The Balaban J connectivity index is 0.950. The summed E-state index contributed by atoms with van der Waals surface area (Å²) in [5.41, 5.74) is 2.45. The molecule has 2 nitrogen and oxygen atoms in total. The van der Waals surface area contributed by atoms with Crippen LogP contribution in [0.3, 0.4) is 0 Å². The average molecular weight is 563 g/mol. The highest BCUT2D eigenvalue weighted by atomic mass is 16.5. The van der Waals surface area contributed by atoms with E-state index in [0.29, 0.717) is 16.7 Å². The Morgan fingerprint density at radius 2 is 0.929 bits per heavy atom. The summed E-state index contributed by atoms with van der Waals surface area (Å²) in [5, 5.41) is 5.52. The van der Waals surface area contributed by atoms with Crippen molar-refractivity contribution in [1.82, 2.24) is 0 Å². The molecule has 0 heterocycles. The summed E-state index contributed by atoms with van der Waals surface area (Å²) >= 11 is 0. The van der Waals surface area contributed by atoms with Gasteiger partial charge in [0.15, 0.2) is 0 Å². The van der Waals surface area contributed by atoms with E-state index in [2.05, 4.69) is 54.6 Å². The van der Waals surface area contributed by atoms with Gasteiger partial charge in [0.25, 0.3) is 0 Å². The largest absolute Gasteiger partial charge is 0.380 e. The zero-order chi connectivity index (χ0) is 27.7. The number of benzene rings is 3. The van der Waals surface area contributed by atoms with Crippen molar-refractivity contribution >= 4 is 21.5 Å². The smallest absolute Gasteiger partial charge is 0.0522 e. The first-order valence-corrected chi connectivity index (χ1v) is 17.6. The second-order valence-corrected chi connectivity index (χ2v) is 16.7. The van der Waals surface area contributed by atoms with Gasteiger partial charge in [0.05, 0.1) is 26.4 Å². The molecule has 8 fully saturated rings. The maximum absolute atomic E-state index is 6.84. The lowest BCUT2D eigenvalue weighted by atomic mass is 9.50. The van der Waals surface area contributed by atoms with Crippen molar-refractivity contribution in [1.29, 1.82) is 0 Å². The lowest BCUT2D eigenvalue weighted by Gasteiger charge is -2.56. The number of ether oxygens (including phenoxy) is 2. The molecule has 0 N–H and O–H groups in total. The molecule has 222 valence electrons. The van der Waals surface area contributed by atoms with Gasteiger partial charge in [0.2, 0.25) is 0 Å². The molecule has 0 aromatic heterocycles. The highest BCUT2D eigenvalue weighted by molar-refractivity contribution is 6.02. The average Bonchev–Trinajstić information content (AvgIpc) is 2.95. The van der Waals surface area contributed by atoms with Crippen LogP contribution in [0, 0.1) is 52.3 Å². The summed E-state index contributed by atoms with van der Waals surface area (Å²) in [6, 6.07) is 20.4. The van der Waals surface area contributed by atoms with Gasteiger partial charge < -0.3 is 9.47 Å². The van der Waals surface area contributed by atoms with Crippen LogP contribution >= 0.6 is 0 Å². The molecule has 8 aliphatic carbocycles. The summed E-state index contributed by atoms with van der Waals surface area (Å²) in [7, 11) is 0. The Morgan fingerprint density at radius 1 is 0.548 bits per heavy atom. The van der Waals surface area contributed by atoms with E-state index in [4.69, 9.17) is 9.47 Å². The Bertz CT molecular complexity index is 1280. The van der Waals surface area contributed by atoms with E-state index in [0.717, 1.165) is 68.4 Å². The predicted octanol–water partition coefficient (Wildman–Crippen LogP) is 9.62. The molecule has 0 spiro atoms. The molecule has 8 bridgehead atoms. The zero-order valence-corrected chi connectivity index (χ0v) is 25.6. The van der Waals surface area contributed by atoms with Crippen LogP contribution in [0.15, 0.2) is 54.6 Å². The zero-order valence-electron chi connectivity index (χ0n) is 25.6. The van der Waals surface area contributed by atoms with Crippen molar-refractivity contribution in [2.24, 2.45) is 52.3 Å². The first kappa shape index (κ1) is 26.5. The molecule has 2 heteroatoms. The third-order valence-corrected chi connectivity index (χ3v) is 13.2. The van der Waals surface area contributed by atoms with Crippen LogP contribution in [0.1, 0.15) is 82.6 Å². The maximum atomic E-state index is 6.84. The Hall–Kier alpha value is -1.90. The highest BCUT2D eigenvalue weighted by Gasteiger charge is 2.52. The van der Waals surface area contributed by atoms with Gasteiger partial charge in [-0.05, 0) is 163 Å². The molecule has 0 atom stereocenters. The summed E-state index contributed by atoms with van der Waals surface area (Å²) in [5.74, 6) is 6.31. The van der Waals surface area contributed by atoms with E-state index >= 15 is 0 Å². The van der Waals surface area contributed by atoms with Gasteiger partial charge in [0, 0.05) is 5.92 Å². The van der Waals surface area contributed by atoms with Crippen LogP contribution in [0.25, 0.3) is 21.5 Å². The first-order valence-electron chi connectivity index (χ1n) is 17.6. The fraction of sp³-hybridized carbons (Fsp3) is 0.650. The summed E-state index contributed by atoms with van der Waals surface area (Å²) < 4.78 is 13.7. The first-order chi connectivity index (χ1) is 20.6. The molecule has 0 radical (unpaired) electrons. The SMILES string of the molecule is c1ccc2c(CC(COCC34CC5CC(CC(C5)C3)C4)COCC34CC5CC(CC(C5)C3)C4)c3ccccc3cc2c1.